The minimum Gasteiger partial charge on any atom is -0.496 e. The standard InChI is InChI=1S/C20H25N3O5/c1-22(12-18(25)23-8-4-5-13(11-23)20(26)27)17(24)9-14-10-21-15-6-3-7-16(28-2)19(14)15/h3,6-7,10,13,21H,4-5,8-9,11-12H2,1-2H3,(H,26,27). The van der Waals surface area contributed by atoms with Crippen molar-refractivity contribution in [3.8, 4) is 5.75 Å². The number of piperidine rings is 1. The average Bonchev–Trinajstić information content (AvgIpc) is 3.10. The Morgan fingerprint density at radius 3 is 2.86 bits per heavy atom. The van der Waals surface area contributed by atoms with E-state index in [1.165, 1.54) is 4.90 Å². The van der Waals surface area contributed by atoms with Gasteiger partial charge in [0, 0.05) is 37.2 Å². The first-order valence-electron chi connectivity index (χ1n) is 9.28. The van der Waals surface area contributed by atoms with Gasteiger partial charge in [-0.1, -0.05) is 6.07 Å². The molecular weight excluding hydrogens is 362 g/mol. The molecule has 1 atom stereocenters. The predicted molar refractivity (Wildman–Crippen MR) is 103 cm³/mol. The van der Waals surface area contributed by atoms with Crippen molar-refractivity contribution in [2.45, 2.75) is 19.3 Å². The first-order chi connectivity index (χ1) is 13.4. The summed E-state index contributed by atoms with van der Waals surface area (Å²) >= 11 is 0. The van der Waals surface area contributed by atoms with Crippen LogP contribution in [-0.2, 0) is 20.8 Å². The Kier molecular flexibility index (Phi) is 5.87. The number of carboxylic acid groups (broad SMARTS) is 1. The maximum atomic E-state index is 12.7. The van der Waals surface area contributed by atoms with Crippen LogP contribution in [0.4, 0.5) is 0 Å². The molecule has 1 aromatic heterocycles. The van der Waals surface area contributed by atoms with E-state index >= 15 is 0 Å². The topological polar surface area (TPSA) is 103 Å². The monoisotopic (exact) mass is 387 g/mol. The summed E-state index contributed by atoms with van der Waals surface area (Å²) < 4.78 is 5.39. The van der Waals surface area contributed by atoms with Crippen LogP contribution in [0.2, 0.25) is 0 Å². The number of nitrogens with one attached hydrogen (secondary N) is 1. The van der Waals surface area contributed by atoms with E-state index in [0.29, 0.717) is 25.1 Å². The number of ether oxygens (including phenoxy) is 1. The van der Waals surface area contributed by atoms with E-state index in [0.717, 1.165) is 16.5 Å². The van der Waals surface area contributed by atoms with Crippen molar-refractivity contribution < 1.29 is 24.2 Å². The molecule has 1 fully saturated rings. The zero-order valence-corrected chi connectivity index (χ0v) is 16.1. The van der Waals surface area contributed by atoms with Crippen LogP contribution in [0.3, 0.4) is 0 Å². The van der Waals surface area contributed by atoms with Gasteiger partial charge in [0.25, 0.3) is 0 Å². The lowest BCUT2D eigenvalue weighted by atomic mass is 9.98. The highest BCUT2D eigenvalue weighted by Gasteiger charge is 2.29. The van der Waals surface area contributed by atoms with E-state index in [2.05, 4.69) is 4.98 Å². The fourth-order valence-corrected chi connectivity index (χ4v) is 3.62. The van der Waals surface area contributed by atoms with Gasteiger partial charge < -0.3 is 24.6 Å². The maximum absolute atomic E-state index is 12.7. The Labute approximate surface area is 163 Å². The van der Waals surface area contributed by atoms with Crippen LogP contribution < -0.4 is 4.74 Å². The second-order valence-electron chi connectivity index (χ2n) is 7.14. The quantitative estimate of drug-likeness (QED) is 0.782. The van der Waals surface area contributed by atoms with Gasteiger partial charge in [0.15, 0.2) is 0 Å². The van der Waals surface area contributed by atoms with Gasteiger partial charge in [0.1, 0.15) is 5.75 Å². The molecule has 1 aliphatic heterocycles. The lowest BCUT2D eigenvalue weighted by Crippen LogP contribution is -2.47. The number of aliphatic carboxylic acids is 1. The van der Waals surface area contributed by atoms with Crippen molar-refractivity contribution in [3.63, 3.8) is 0 Å². The molecule has 1 aromatic carbocycles. The highest BCUT2D eigenvalue weighted by molar-refractivity contribution is 5.94. The third-order valence-electron chi connectivity index (χ3n) is 5.23. The normalized spacial score (nSPS) is 16.8. The molecule has 3 rings (SSSR count). The van der Waals surface area contributed by atoms with Crippen LogP contribution >= 0.6 is 0 Å². The van der Waals surface area contributed by atoms with E-state index < -0.39 is 11.9 Å². The second-order valence-corrected chi connectivity index (χ2v) is 7.14. The molecule has 0 bridgehead atoms. The molecule has 1 saturated heterocycles. The molecule has 1 unspecified atom stereocenters. The van der Waals surface area contributed by atoms with Crippen molar-refractivity contribution in [3.05, 3.63) is 30.0 Å². The summed E-state index contributed by atoms with van der Waals surface area (Å²) in [5.74, 6) is -1.13. The number of likely N-dealkylation sites (N-methyl/N-ethyl adjacent to an activating group) is 1. The van der Waals surface area contributed by atoms with Crippen molar-refractivity contribution in [2.75, 3.05) is 33.8 Å². The molecule has 2 N–H and O–H groups in total. The number of carboxylic acids is 1. The number of hydrogen-bond acceptors (Lipinski definition) is 4. The Balaban J connectivity index is 1.64. The highest BCUT2D eigenvalue weighted by atomic mass is 16.5. The van der Waals surface area contributed by atoms with Gasteiger partial charge in [-0.05, 0) is 30.5 Å². The number of carbonyl (C=O) groups is 3. The summed E-state index contributed by atoms with van der Waals surface area (Å²) in [6.45, 7) is 0.671. The summed E-state index contributed by atoms with van der Waals surface area (Å²) in [6.07, 6.45) is 3.16. The Bertz CT molecular complexity index is 891. The van der Waals surface area contributed by atoms with Gasteiger partial charge in [0.2, 0.25) is 11.8 Å². The number of aromatic amines is 1. The molecule has 8 heteroatoms. The summed E-state index contributed by atoms with van der Waals surface area (Å²) in [4.78, 5) is 42.4. The van der Waals surface area contributed by atoms with Crippen molar-refractivity contribution in [2.24, 2.45) is 5.92 Å². The number of nitrogens with zero attached hydrogens (tertiary/aromatic N) is 2. The molecule has 0 spiro atoms. The Morgan fingerprint density at radius 1 is 1.36 bits per heavy atom. The number of aromatic nitrogens is 1. The maximum Gasteiger partial charge on any atom is 0.308 e. The third kappa shape index (κ3) is 4.11. The summed E-state index contributed by atoms with van der Waals surface area (Å²) in [5, 5.41) is 10.0. The average molecular weight is 387 g/mol. The van der Waals surface area contributed by atoms with Gasteiger partial charge in [-0.2, -0.15) is 0 Å². The van der Waals surface area contributed by atoms with Crippen molar-refractivity contribution in [1.29, 1.82) is 0 Å². The Morgan fingerprint density at radius 2 is 2.14 bits per heavy atom. The first-order valence-corrected chi connectivity index (χ1v) is 9.28. The minimum atomic E-state index is -0.879. The molecule has 8 nitrogen and oxygen atoms in total. The molecule has 0 radical (unpaired) electrons. The number of hydrogen-bond donors (Lipinski definition) is 2. The van der Waals surface area contributed by atoms with E-state index in [9.17, 15) is 14.4 Å². The number of H-pyrrole nitrogens is 1. The van der Waals surface area contributed by atoms with Gasteiger partial charge in [-0.15, -0.1) is 0 Å². The molecular formula is C20H25N3O5. The van der Waals surface area contributed by atoms with Crippen LogP contribution in [0.25, 0.3) is 10.9 Å². The number of likely N-dealkylation sites (tertiary alicyclic amines) is 1. The third-order valence-corrected chi connectivity index (χ3v) is 5.23. The number of fused-ring (bicyclic) bond motifs is 1. The zero-order chi connectivity index (χ0) is 20.3. The molecule has 1 aliphatic rings. The van der Waals surface area contributed by atoms with E-state index in [1.54, 1.807) is 25.3 Å². The van der Waals surface area contributed by atoms with E-state index in [-0.39, 0.29) is 31.3 Å². The fourth-order valence-electron chi connectivity index (χ4n) is 3.62. The van der Waals surface area contributed by atoms with Crippen molar-refractivity contribution >= 4 is 28.7 Å². The van der Waals surface area contributed by atoms with Gasteiger partial charge in [-0.3, -0.25) is 14.4 Å². The number of amides is 2. The first kappa shape index (κ1) is 19.7. The number of carbonyl (C=O) groups excluding carboxylic acids is 2. The molecule has 0 aliphatic carbocycles. The van der Waals surface area contributed by atoms with Crippen LogP contribution in [0.5, 0.6) is 5.75 Å². The lowest BCUT2D eigenvalue weighted by Gasteiger charge is -2.32. The predicted octanol–water partition coefficient (Wildman–Crippen LogP) is 1.50. The van der Waals surface area contributed by atoms with Crippen LogP contribution in [0.15, 0.2) is 24.4 Å². The molecule has 150 valence electrons. The van der Waals surface area contributed by atoms with E-state index in [4.69, 9.17) is 9.84 Å². The summed E-state index contributed by atoms with van der Waals surface area (Å²) in [6, 6.07) is 5.62. The minimum absolute atomic E-state index is 0.0648. The molecule has 28 heavy (non-hydrogen) atoms. The Hall–Kier alpha value is -3.03. The van der Waals surface area contributed by atoms with Crippen LogP contribution in [0, 0.1) is 5.92 Å². The number of benzene rings is 1. The largest absolute Gasteiger partial charge is 0.496 e. The lowest BCUT2D eigenvalue weighted by molar-refractivity contribution is -0.147. The van der Waals surface area contributed by atoms with Gasteiger partial charge >= 0.3 is 5.97 Å². The fraction of sp³-hybridized carbons (Fsp3) is 0.450. The summed E-state index contributed by atoms with van der Waals surface area (Å²) in [7, 11) is 3.17. The zero-order valence-electron chi connectivity index (χ0n) is 16.1. The highest BCUT2D eigenvalue weighted by Crippen LogP contribution is 2.29. The van der Waals surface area contributed by atoms with Crippen LogP contribution in [-0.4, -0.2) is 71.5 Å². The number of methoxy groups -OCH3 is 1. The van der Waals surface area contributed by atoms with Crippen molar-refractivity contribution in [1.82, 2.24) is 14.8 Å². The second kappa shape index (κ2) is 8.33. The van der Waals surface area contributed by atoms with Gasteiger partial charge in [0.05, 0.1) is 26.0 Å². The smallest absolute Gasteiger partial charge is 0.308 e. The molecule has 2 aromatic rings. The SMILES string of the molecule is COc1cccc2[nH]cc(CC(=O)N(C)CC(=O)N3CCCC(C(=O)O)C3)c12. The van der Waals surface area contributed by atoms with Crippen LogP contribution in [0.1, 0.15) is 18.4 Å². The molecule has 0 saturated carbocycles. The molecule has 2 amide bonds. The number of rotatable bonds is 6. The van der Waals surface area contributed by atoms with Gasteiger partial charge in [-0.25, -0.2) is 0 Å². The molecule has 2 heterocycles. The van der Waals surface area contributed by atoms with E-state index in [1.807, 2.05) is 18.2 Å². The summed E-state index contributed by atoms with van der Waals surface area (Å²) in [5.41, 5.74) is 1.69.